The van der Waals surface area contributed by atoms with Gasteiger partial charge in [0.2, 0.25) is 0 Å². The third-order valence-corrected chi connectivity index (χ3v) is 3.79. The monoisotopic (exact) mass is 306 g/mol. The van der Waals surface area contributed by atoms with Gasteiger partial charge in [-0.3, -0.25) is 9.97 Å². The van der Waals surface area contributed by atoms with Crippen molar-refractivity contribution >= 4 is 17.0 Å². The Kier molecular flexibility index (Phi) is 4.06. The molecule has 23 heavy (non-hydrogen) atoms. The van der Waals surface area contributed by atoms with Gasteiger partial charge in [-0.15, -0.1) is 0 Å². The molecule has 0 saturated carbocycles. The highest BCUT2D eigenvalue weighted by Gasteiger charge is 2.13. The highest BCUT2D eigenvalue weighted by Crippen LogP contribution is 2.25. The first-order valence-electron chi connectivity index (χ1n) is 7.58. The molecular formula is C19H18N2O2. The van der Waals surface area contributed by atoms with Gasteiger partial charge in [0.15, 0.2) is 0 Å². The quantitative estimate of drug-likeness (QED) is 0.535. The van der Waals surface area contributed by atoms with Crippen LogP contribution >= 0.6 is 0 Å². The molecule has 0 radical (unpaired) electrons. The molecule has 1 heterocycles. The molecule has 4 heteroatoms. The van der Waals surface area contributed by atoms with E-state index >= 15 is 0 Å². The van der Waals surface area contributed by atoms with E-state index in [0.717, 1.165) is 16.6 Å². The summed E-state index contributed by atoms with van der Waals surface area (Å²) in [7, 11) is 0. The topological polar surface area (TPSA) is 52.1 Å². The van der Waals surface area contributed by atoms with Crippen molar-refractivity contribution < 1.29 is 9.53 Å². The predicted octanol–water partition coefficient (Wildman–Crippen LogP) is 4.28. The van der Waals surface area contributed by atoms with Crippen molar-refractivity contribution in [3.05, 3.63) is 65.5 Å². The van der Waals surface area contributed by atoms with E-state index in [1.54, 1.807) is 30.6 Å². The Bertz CT molecular complexity index is 872. The first-order valence-corrected chi connectivity index (χ1v) is 7.58. The Morgan fingerprint density at radius 1 is 1.00 bits per heavy atom. The maximum atomic E-state index is 12.4. The van der Waals surface area contributed by atoms with Crippen molar-refractivity contribution in [2.24, 2.45) is 0 Å². The zero-order chi connectivity index (χ0) is 16.4. The summed E-state index contributed by atoms with van der Waals surface area (Å²) < 4.78 is 5.58. The molecule has 116 valence electrons. The Balaban J connectivity index is 1.89. The molecule has 0 aliphatic heterocycles. The number of esters is 1. The van der Waals surface area contributed by atoms with E-state index in [0.29, 0.717) is 22.7 Å². The second-order valence-electron chi connectivity index (χ2n) is 5.83. The number of nitrogens with zero attached hydrogens (tertiary/aromatic N) is 2. The molecule has 0 bridgehead atoms. The molecule has 0 N–H and O–H groups in total. The van der Waals surface area contributed by atoms with Gasteiger partial charge < -0.3 is 4.74 Å². The number of hydrogen-bond acceptors (Lipinski definition) is 4. The van der Waals surface area contributed by atoms with Crippen LogP contribution in [0.1, 0.15) is 41.3 Å². The van der Waals surface area contributed by atoms with Gasteiger partial charge in [0, 0.05) is 12.4 Å². The number of fused-ring (bicyclic) bond motifs is 1. The lowest BCUT2D eigenvalue weighted by molar-refractivity contribution is 0.0733. The van der Waals surface area contributed by atoms with Gasteiger partial charge in [0.25, 0.3) is 0 Å². The van der Waals surface area contributed by atoms with Crippen molar-refractivity contribution in [1.82, 2.24) is 9.97 Å². The summed E-state index contributed by atoms with van der Waals surface area (Å²) in [5.41, 5.74) is 3.97. The Hall–Kier alpha value is -2.75. The molecule has 3 aromatic rings. The number of benzene rings is 2. The third kappa shape index (κ3) is 3.21. The van der Waals surface area contributed by atoms with E-state index in [1.165, 1.54) is 0 Å². The number of carbonyl (C=O) groups is 1. The molecule has 0 spiro atoms. The zero-order valence-electron chi connectivity index (χ0n) is 13.4. The summed E-state index contributed by atoms with van der Waals surface area (Å²) in [4.78, 5) is 20.8. The summed E-state index contributed by atoms with van der Waals surface area (Å²) in [5.74, 6) is 0.589. The molecule has 0 fully saturated rings. The smallest absolute Gasteiger partial charge is 0.343 e. The molecule has 4 nitrogen and oxygen atoms in total. The average Bonchev–Trinajstić information content (AvgIpc) is 2.56. The van der Waals surface area contributed by atoms with Crippen molar-refractivity contribution in [2.45, 2.75) is 26.7 Å². The second-order valence-corrected chi connectivity index (χ2v) is 5.83. The zero-order valence-corrected chi connectivity index (χ0v) is 13.4. The fourth-order valence-corrected chi connectivity index (χ4v) is 2.33. The van der Waals surface area contributed by atoms with Crippen LogP contribution in [0.3, 0.4) is 0 Å². The van der Waals surface area contributed by atoms with E-state index in [1.807, 2.05) is 19.1 Å². The number of aryl methyl sites for hydroxylation is 1. The maximum Gasteiger partial charge on any atom is 0.343 e. The van der Waals surface area contributed by atoms with Crippen LogP contribution in [0.5, 0.6) is 5.75 Å². The molecular weight excluding hydrogens is 288 g/mol. The summed E-state index contributed by atoms with van der Waals surface area (Å²) in [6, 6.07) is 11.1. The van der Waals surface area contributed by atoms with Gasteiger partial charge >= 0.3 is 5.97 Å². The molecule has 3 rings (SSSR count). The lowest BCUT2D eigenvalue weighted by Gasteiger charge is -2.11. The first-order chi connectivity index (χ1) is 11.0. The standard InChI is InChI=1S/C19H18N2O2/c1-12(2)14-5-4-13(3)18(11-14)23-19(22)15-6-7-16-17(10-15)21-9-8-20-16/h4-12H,1-3H3. The van der Waals surface area contributed by atoms with Crippen LogP contribution in [0.4, 0.5) is 0 Å². The number of hydrogen-bond donors (Lipinski definition) is 0. The van der Waals surface area contributed by atoms with Crippen LogP contribution in [0.25, 0.3) is 11.0 Å². The lowest BCUT2D eigenvalue weighted by atomic mass is 10.0. The number of ether oxygens (including phenoxy) is 1. The van der Waals surface area contributed by atoms with Gasteiger partial charge in [-0.1, -0.05) is 26.0 Å². The van der Waals surface area contributed by atoms with E-state index < -0.39 is 0 Å². The van der Waals surface area contributed by atoms with Crippen molar-refractivity contribution in [1.29, 1.82) is 0 Å². The number of aromatic nitrogens is 2. The van der Waals surface area contributed by atoms with Gasteiger partial charge in [-0.05, 0) is 48.2 Å². The third-order valence-electron chi connectivity index (χ3n) is 3.79. The number of rotatable bonds is 3. The van der Waals surface area contributed by atoms with Gasteiger partial charge in [0.05, 0.1) is 16.6 Å². The second kappa shape index (κ2) is 6.16. The van der Waals surface area contributed by atoms with Crippen molar-refractivity contribution in [3.63, 3.8) is 0 Å². The van der Waals surface area contributed by atoms with E-state index in [-0.39, 0.29) is 5.97 Å². The van der Waals surface area contributed by atoms with Crippen LogP contribution < -0.4 is 4.74 Å². The molecule has 0 amide bonds. The summed E-state index contributed by atoms with van der Waals surface area (Å²) >= 11 is 0. The van der Waals surface area contributed by atoms with Gasteiger partial charge in [-0.2, -0.15) is 0 Å². The minimum Gasteiger partial charge on any atom is -0.423 e. The molecule has 0 atom stereocenters. The Morgan fingerprint density at radius 2 is 1.74 bits per heavy atom. The fourth-order valence-electron chi connectivity index (χ4n) is 2.33. The molecule has 0 saturated heterocycles. The van der Waals surface area contributed by atoms with Crippen LogP contribution in [-0.2, 0) is 0 Å². The van der Waals surface area contributed by atoms with E-state index in [9.17, 15) is 4.79 Å². The summed E-state index contributed by atoms with van der Waals surface area (Å²) in [6.45, 7) is 6.15. The normalized spacial score (nSPS) is 11.0. The van der Waals surface area contributed by atoms with Crippen LogP contribution in [0.2, 0.25) is 0 Å². The SMILES string of the molecule is Cc1ccc(C(C)C)cc1OC(=O)c1ccc2nccnc2c1. The molecule has 1 aromatic heterocycles. The summed E-state index contributed by atoms with van der Waals surface area (Å²) in [5, 5.41) is 0. The Morgan fingerprint density at radius 3 is 2.48 bits per heavy atom. The molecule has 0 unspecified atom stereocenters. The lowest BCUT2D eigenvalue weighted by Crippen LogP contribution is -2.10. The first kappa shape index (κ1) is 15.2. The van der Waals surface area contributed by atoms with Crippen molar-refractivity contribution in [2.75, 3.05) is 0 Å². The van der Waals surface area contributed by atoms with Crippen molar-refractivity contribution in [3.8, 4) is 5.75 Å². The molecule has 2 aromatic carbocycles. The number of carbonyl (C=O) groups excluding carboxylic acids is 1. The van der Waals surface area contributed by atoms with Crippen LogP contribution in [0.15, 0.2) is 48.8 Å². The minimum atomic E-state index is -0.387. The summed E-state index contributed by atoms with van der Waals surface area (Å²) in [6.07, 6.45) is 3.23. The van der Waals surface area contributed by atoms with Crippen LogP contribution in [0, 0.1) is 6.92 Å². The van der Waals surface area contributed by atoms with E-state index in [4.69, 9.17) is 4.74 Å². The predicted molar refractivity (Wildman–Crippen MR) is 89.8 cm³/mol. The van der Waals surface area contributed by atoms with E-state index in [2.05, 4.69) is 29.9 Å². The fraction of sp³-hybridized carbons (Fsp3) is 0.211. The average molecular weight is 306 g/mol. The van der Waals surface area contributed by atoms with Gasteiger partial charge in [0.1, 0.15) is 5.75 Å². The Labute approximate surface area is 135 Å². The minimum absolute atomic E-state index is 0.379. The highest BCUT2D eigenvalue weighted by molar-refractivity contribution is 5.94. The highest BCUT2D eigenvalue weighted by atomic mass is 16.5. The van der Waals surface area contributed by atoms with Gasteiger partial charge in [-0.25, -0.2) is 4.79 Å². The molecule has 0 aliphatic rings. The molecule has 0 aliphatic carbocycles. The van der Waals surface area contributed by atoms with Crippen LogP contribution in [-0.4, -0.2) is 15.9 Å². The largest absolute Gasteiger partial charge is 0.423 e. The maximum absolute atomic E-state index is 12.4.